The molecule has 0 saturated heterocycles. The Labute approximate surface area is 129 Å². The van der Waals surface area contributed by atoms with E-state index in [-0.39, 0.29) is 17.9 Å². The fraction of sp³-hybridized carbons (Fsp3) is 0.286. The number of aromatic nitrogens is 2. The smallest absolute Gasteiger partial charge is 0.270 e. The van der Waals surface area contributed by atoms with Gasteiger partial charge in [-0.3, -0.25) is 4.79 Å². The number of ether oxygens (including phenoxy) is 1. The predicted octanol–water partition coefficient (Wildman–Crippen LogP) is 1.92. The van der Waals surface area contributed by atoms with Gasteiger partial charge in [-0.15, -0.1) is 0 Å². The number of nitrogens with zero attached hydrogens (tertiary/aromatic N) is 2. The molecule has 0 atom stereocenters. The van der Waals surface area contributed by atoms with Crippen LogP contribution in [-0.4, -0.2) is 22.9 Å². The molecule has 112 valence electrons. The molecule has 0 saturated carbocycles. The van der Waals surface area contributed by atoms with E-state index in [1.54, 1.807) is 12.1 Å². The average molecular weight is 356 g/mol. The van der Waals surface area contributed by atoms with Crippen LogP contribution in [0.15, 0.2) is 39.7 Å². The first-order chi connectivity index (χ1) is 10.1. The first-order valence-electron chi connectivity index (χ1n) is 6.44. The van der Waals surface area contributed by atoms with Crippen LogP contribution in [-0.2, 0) is 6.54 Å². The monoisotopic (exact) mass is 355 g/mol. The molecule has 0 fully saturated rings. The van der Waals surface area contributed by atoms with Crippen LogP contribution in [0.3, 0.4) is 0 Å². The third kappa shape index (κ3) is 4.37. The molecule has 0 spiro atoms. The van der Waals surface area contributed by atoms with Gasteiger partial charge < -0.3 is 10.5 Å². The fourth-order valence-electron chi connectivity index (χ4n) is 1.70. The minimum atomic E-state index is -0.345. The lowest BCUT2D eigenvalue weighted by atomic mass is 10.2. The van der Waals surface area contributed by atoms with E-state index in [1.165, 1.54) is 23.0 Å². The largest absolute Gasteiger partial charge is 0.492 e. The lowest BCUT2D eigenvalue weighted by Crippen LogP contribution is -2.22. The summed E-state index contributed by atoms with van der Waals surface area (Å²) in [6, 6.07) is 5.95. The molecule has 2 aromatic rings. The van der Waals surface area contributed by atoms with E-state index in [2.05, 4.69) is 21.0 Å². The van der Waals surface area contributed by atoms with Crippen molar-refractivity contribution in [1.29, 1.82) is 0 Å². The van der Waals surface area contributed by atoms with Crippen LogP contribution in [0.25, 0.3) is 0 Å². The summed E-state index contributed by atoms with van der Waals surface area (Å²) in [5, 5.41) is 4.04. The Morgan fingerprint density at radius 3 is 2.86 bits per heavy atom. The quantitative estimate of drug-likeness (QED) is 0.803. The minimum Gasteiger partial charge on any atom is -0.492 e. The Bertz CT molecular complexity index is 676. The van der Waals surface area contributed by atoms with Gasteiger partial charge in [-0.25, -0.2) is 9.07 Å². The van der Waals surface area contributed by atoms with Crippen LogP contribution in [0.2, 0.25) is 0 Å². The van der Waals surface area contributed by atoms with Crippen molar-refractivity contribution < 1.29 is 9.13 Å². The van der Waals surface area contributed by atoms with E-state index >= 15 is 0 Å². The first kappa shape index (κ1) is 15.7. The molecule has 2 N–H and O–H groups in total. The van der Waals surface area contributed by atoms with Crippen molar-refractivity contribution in [3.63, 3.8) is 0 Å². The molecule has 0 radical (unpaired) electrons. The molecule has 0 aliphatic rings. The van der Waals surface area contributed by atoms with Gasteiger partial charge in [0.25, 0.3) is 5.56 Å². The molecule has 7 heteroatoms. The van der Waals surface area contributed by atoms with Crippen molar-refractivity contribution in [2.45, 2.75) is 13.0 Å². The van der Waals surface area contributed by atoms with Gasteiger partial charge in [0.05, 0.1) is 23.8 Å². The average Bonchev–Trinajstić information content (AvgIpc) is 2.46. The molecule has 0 aliphatic heterocycles. The third-order valence-corrected chi connectivity index (χ3v) is 3.39. The van der Waals surface area contributed by atoms with Crippen molar-refractivity contribution in [2.24, 2.45) is 5.73 Å². The zero-order valence-corrected chi connectivity index (χ0v) is 12.8. The van der Waals surface area contributed by atoms with E-state index in [9.17, 15) is 9.18 Å². The summed E-state index contributed by atoms with van der Waals surface area (Å²) in [4.78, 5) is 11.9. The van der Waals surface area contributed by atoms with Gasteiger partial charge in [-0.2, -0.15) is 5.10 Å². The van der Waals surface area contributed by atoms with Gasteiger partial charge in [0.1, 0.15) is 11.6 Å². The molecule has 5 nitrogen and oxygen atoms in total. The Hall–Kier alpha value is -1.73. The van der Waals surface area contributed by atoms with Crippen LogP contribution >= 0.6 is 15.9 Å². The molecule has 1 heterocycles. The van der Waals surface area contributed by atoms with E-state index in [1.807, 2.05) is 0 Å². The number of rotatable bonds is 6. The topological polar surface area (TPSA) is 70.1 Å². The van der Waals surface area contributed by atoms with Crippen molar-refractivity contribution in [1.82, 2.24) is 9.78 Å². The van der Waals surface area contributed by atoms with E-state index < -0.39 is 0 Å². The van der Waals surface area contributed by atoms with Gasteiger partial charge in [-0.1, -0.05) is 6.07 Å². The van der Waals surface area contributed by atoms with Gasteiger partial charge in [0.2, 0.25) is 0 Å². The normalized spacial score (nSPS) is 10.6. The Morgan fingerprint density at radius 2 is 2.19 bits per heavy atom. The van der Waals surface area contributed by atoms with Crippen molar-refractivity contribution in [2.75, 3.05) is 13.2 Å². The summed E-state index contributed by atoms with van der Waals surface area (Å²) in [6.07, 6.45) is 2.20. The molecular formula is C14H15BrFN3O2. The van der Waals surface area contributed by atoms with E-state index in [0.29, 0.717) is 29.8 Å². The summed E-state index contributed by atoms with van der Waals surface area (Å²) in [7, 11) is 0. The minimum absolute atomic E-state index is 0.265. The second kappa shape index (κ2) is 7.33. The molecule has 1 aromatic carbocycles. The second-order valence-corrected chi connectivity index (χ2v) is 5.28. The number of benzene rings is 1. The highest BCUT2D eigenvalue weighted by molar-refractivity contribution is 9.10. The maximum atomic E-state index is 13.2. The van der Waals surface area contributed by atoms with E-state index in [0.717, 1.165) is 5.56 Å². The standard InChI is InChI=1S/C14H15BrFN3O2/c15-12-6-10(2-3-13(12)16)9-19-14(20)7-11(8-18-19)21-5-1-4-17/h2-3,6-8H,1,4-5,9,17H2. The highest BCUT2D eigenvalue weighted by atomic mass is 79.9. The fourth-order valence-corrected chi connectivity index (χ4v) is 2.13. The van der Waals surface area contributed by atoms with Crippen molar-refractivity contribution in [3.05, 3.63) is 56.7 Å². The van der Waals surface area contributed by atoms with Gasteiger partial charge in [0, 0.05) is 6.07 Å². The molecule has 1 aromatic heterocycles. The molecule has 0 aliphatic carbocycles. The van der Waals surface area contributed by atoms with Crippen LogP contribution in [0.5, 0.6) is 5.75 Å². The zero-order valence-electron chi connectivity index (χ0n) is 11.3. The summed E-state index contributed by atoms with van der Waals surface area (Å²) in [5.41, 5.74) is 5.86. The third-order valence-electron chi connectivity index (χ3n) is 2.78. The molecule has 21 heavy (non-hydrogen) atoms. The van der Waals surface area contributed by atoms with Crippen LogP contribution in [0.4, 0.5) is 4.39 Å². The van der Waals surface area contributed by atoms with E-state index in [4.69, 9.17) is 10.5 Å². The Balaban J connectivity index is 2.10. The second-order valence-electron chi connectivity index (χ2n) is 4.43. The number of hydrogen-bond acceptors (Lipinski definition) is 4. The van der Waals surface area contributed by atoms with Crippen LogP contribution in [0.1, 0.15) is 12.0 Å². The lowest BCUT2D eigenvalue weighted by molar-refractivity contribution is 0.309. The predicted molar refractivity (Wildman–Crippen MR) is 80.9 cm³/mol. The van der Waals surface area contributed by atoms with Crippen molar-refractivity contribution >= 4 is 15.9 Å². The van der Waals surface area contributed by atoms with Gasteiger partial charge >= 0.3 is 0 Å². The summed E-state index contributed by atoms with van der Waals surface area (Å²) in [6.45, 7) is 1.25. The van der Waals surface area contributed by atoms with Gasteiger partial charge in [0.15, 0.2) is 0 Å². The SMILES string of the molecule is NCCCOc1cnn(Cc2ccc(F)c(Br)c2)c(=O)c1. The molecule has 2 rings (SSSR count). The molecule has 0 unspecified atom stereocenters. The number of halogens is 2. The van der Waals surface area contributed by atoms with Crippen LogP contribution < -0.4 is 16.0 Å². The summed E-state index contributed by atoms with van der Waals surface area (Å²) in [5.74, 6) is 0.0766. The Kier molecular flexibility index (Phi) is 5.46. The molecule has 0 bridgehead atoms. The maximum absolute atomic E-state index is 13.2. The maximum Gasteiger partial charge on any atom is 0.270 e. The zero-order chi connectivity index (χ0) is 15.2. The summed E-state index contributed by atoms with van der Waals surface area (Å²) >= 11 is 3.11. The summed E-state index contributed by atoms with van der Waals surface area (Å²) < 4.78 is 20.2. The van der Waals surface area contributed by atoms with Crippen LogP contribution in [0, 0.1) is 5.82 Å². The lowest BCUT2D eigenvalue weighted by Gasteiger charge is -2.08. The molecular weight excluding hydrogens is 341 g/mol. The van der Waals surface area contributed by atoms with Crippen molar-refractivity contribution in [3.8, 4) is 5.75 Å². The highest BCUT2D eigenvalue weighted by Gasteiger charge is 2.05. The Morgan fingerprint density at radius 1 is 1.38 bits per heavy atom. The molecule has 0 amide bonds. The number of hydrogen-bond donors (Lipinski definition) is 1. The highest BCUT2D eigenvalue weighted by Crippen LogP contribution is 2.17. The van der Waals surface area contributed by atoms with Gasteiger partial charge in [-0.05, 0) is 46.6 Å². The first-order valence-corrected chi connectivity index (χ1v) is 7.23. The number of nitrogens with two attached hydrogens (primary N) is 1.